The lowest BCUT2D eigenvalue weighted by Crippen LogP contribution is -2.31. The smallest absolute Gasteiger partial charge is 0.296 e. The van der Waals surface area contributed by atoms with Crippen LogP contribution in [0.3, 0.4) is 0 Å². The molecule has 1 N–H and O–H groups in total. The van der Waals surface area contributed by atoms with E-state index in [1.165, 1.54) is 28.6 Å². The number of amides is 1. The number of aromatic nitrogens is 1. The molecule has 0 aliphatic carbocycles. The molecule has 160 valence electrons. The summed E-state index contributed by atoms with van der Waals surface area (Å²) in [6.45, 7) is 3.97. The van der Waals surface area contributed by atoms with Gasteiger partial charge in [0.15, 0.2) is 16.7 Å². The molecule has 0 unspecified atom stereocenters. The Balaban J connectivity index is 1.71. The van der Waals surface area contributed by atoms with Crippen molar-refractivity contribution in [2.24, 2.45) is 0 Å². The van der Waals surface area contributed by atoms with Gasteiger partial charge in [-0.2, -0.15) is 0 Å². The fourth-order valence-electron chi connectivity index (χ4n) is 4.03. The number of aryl methyl sites for hydroxylation is 2. The number of thiazole rings is 1. The van der Waals surface area contributed by atoms with E-state index < -0.39 is 23.5 Å². The molecule has 0 saturated heterocycles. The number of rotatable bonds is 4. The van der Waals surface area contributed by atoms with Crippen molar-refractivity contribution in [1.29, 1.82) is 0 Å². The molecule has 1 aliphatic heterocycles. The van der Waals surface area contributed by atoms with Crippen molar-refractivity contribution in [3.05, 3.63) is 93.0 Å². The second kappa shape index (κ2) is 7.72. The third-order valence-electron chi connectivity index (χ3n) is 5.39. The van der Waals surface area contributed by atoms with Gasteiger partial charge in [0.2, 0.25) is 5.78 Å². The number of halogens is 1. The summed E-state index contributed by atoms with van der Waals surface area (Å²) in [4.78, 5) is 32.6. The number of Topliss-reactive ketones (excluding diaryl/α,β-unsaturated/α-hetero) is 1. The van der Waals surface area contributed by atoms with Crippen LogP contribution in [0.5, 0.6) is 0 Å². The quantitative estimate of drug-likeness (QED) is 0.339. The first-order valence-corrected chi connectivity index (χ1v) is 11.4. The molecule has 8 heteroatoms. The second-order valence-corrected chi connectivity index (χ2v) is 9.55. The van der Waals surface area contributed by atoms with Crippen LogP contribution < -0.4 is 4.90 Å². The normalized spacial score (nSPS) is 16.4. The van der Waals surface area contributed by atoms with E-state index in [1.807, 2.05) is 50.2 Å². The summed E-state index contributed by atoms with van der Waals surface area (Å²) < 4.78 is 6.99. The highest BCUT2D eigenvalue weighted by molar-refractivity contribution is 9.10. The van der Waals surface area contributed by atoms with Crippen molar-refractivity contribution in [2.45, 2.75) is 19.9 Å². The Morgan fingerprint density at radius 2 is 2.00 bits per heavy atom. The van der Waals surface area contributed by atoms with Crippen LogP contribution in [0.15, 0.2) is 75.0 Å². The third-order valence-corrected chi connectivity index (χ3v) is 6.88. The number of furan rings is 1. The molecule has 1 atom stereocenters. The van der Waals surface area contributed by atoms with E-state index in [4.69, 9.17) is 9.40 Å². The van der Waals surface area contributed by atoms with E-state index >= 15 is 0 Å². The fourth-order valence-corrected chi connectivity index (χ4v) is 5.61. The van der Waals surface area contributed by atoms with Crippen LogP contribution in [0.1, 0.15) is 33.3 Å². The molecule has 1 amide bonds. The van der Waals surface area contributed by atoms with Crippen molar-refractivity contribution >= 4 is 54.3 Å². The maximum Gasteiger partial charge on any atom is 0.296 e. The summed E-state index contributed by atoms with van der Waals surface area (Å²) in [5, 5.41) is 11.2. The van der Waals surface area contributed by atoms with Gasteiger partial charge in [0.05, 0.1) is 28.1 Å². The minimum Gasteiger partial charge on any atom is -0.503 e. The third kappa shape index (κ3) is 3.27. The van der Waals surface area contributed by atoms with E-state index in [-0.39, 0.29) is 11.3 Å². The first-order chi connectivity index (χ1) is 15.3. The minimum atomic E-state index is -0.848. The molecule has 2 aromatic heterocycles. The summed E-state index contributed by atoms with van der Waals surface area (Å²) in [6, 6.07) is 13.6. The number of nitrogens with zero attached hydrogens (tertiary/aromatic N) is 2. The number of aliphatic hydroxyl groups excluding tert-OH is 1. The average Bonchev–Trinajstić information content (AvgIpc) is 3.47. The van der Waals surface area contributed by atoms with Crippen LogP contribution in [0.2, 0.25) is 0 Å². The lowest BCUT2D eigenvalue weighted by atomic mass is 9.95. The molecular weight excluding hydrogens is 492 g/mol. The Kier molecular flexibility index (Phi) is 4.98. The van der Waals surface area contributed by atoms with E-state index in [2.05, 4.69) is 15.9 Å². The zero-order chi connectivity index (χ0) is 22.6. The number of carbonyl (C=O) groups excluding carboxylic acids is 2. The number of fused-ring (bicyclic) bond motifs is 1. The van der Waals surface area contributed by atoms with Crippen LogP contribution >= 0.6 is 27.3 Å². The minimum absolute atomic E-state index is 0.0322. The van der Waals surface area contributed by atoms with Crippen LogP contribution in [0, 0.1) is 13.8 Å². The van der Waals surface area contributed by atoms with Crippen molar-refractivity contribution < 1.29 is 19.1 Å². The molecular formula is C24H17BrN2O4S. The summed E-state index contributed by atoms with van der Waals surface area (Å²) >= 11 is 4.81. The molecule has 5 rings (SSSR count). The number of anilines is 1. The molecule has 2 aromatic carbocycles. The Labute approximate surface area is 195 Å². The highest BCUT2D eigenvalue weighted by Gasteiger charge is 2.46. The van der Waals surface area contributed by atoms with Gasteiger partial charge in [-0.3, -0.25) is 14.5 Å². The Bertz CT molecular complexity index is 1420. The lowest BCUT2D eigenvalue weighted by molar-refractivity contribution is -0.117. The molecule has 6 nitrogen and oxygen atoms in total. The fraction of sp³-hybridized carbons (Fsp3) is 0.125. The SMILES string of the molecule is Cc1cc(C)c2nc(N3C(=O)C(O)=C(C(=O)c4ccco4)[C@@H]3c3cccc(Br)c3)sc2c1. The van der Waals surface area contributed by atoms with Crippen LogP contribution in [-0.4, -0.2) is 21.8 Å². The topological polar surface area (TPSA) is 83.6 Å². The molecule has 3 heterocycles. The zero-order valence-electron chi connectivity index (χ0n) is 17.1. The number of benzene rings is 2. The van der Waals surface area contributed by atoms with Gasteiger partial charge in [-0.05, 0) is 60.9 Å². The van der Waals surface area contributed by atoms with E-state index in [0.29, 0.717) is 10.7 Å². The van der Waals surface area contributed by atoms with Crippen molar-refractivity contribution in [3.8, 4) is 0 Å². The van der Waals surface area contributed by atoms with Gasteiger partial charge in [-0.1, -0.05) is 45.5 Å². The number of ketones is 1. The van der Waals surface area contributed by atoms with Crippen LogP contribution in [0.25, 0.3) is 10.2 Å². The Morgan fingerprint density at radius 3 is 2.72 bits per heavy atom. The molecule has 0 radical (unpaired) electrons. The summed E-state index contributed by atoms with van der Waals surface area (Å²) in [7, 11) is 0. The van der Waals surface area contributed by atoms with Crippen molar-refractivity contribution in [3.63, 3.8) is 0 Å². The highest BCUT2D eigenvalue weighted by atomic mass is 79.9. The number of aliphatic hydroxyl groups is 1. The van der Waals surface area contributed by atoms with Crippen molar-refractivity contribution in [2.75, 3.05) is 4.90 Å². The maximum absolute atomic E-state index is 13.3. The maximum atomic E-state index is 13.3. The van der Waals surface area contributed by atoms with E-state index in [1.54, 1.807) is 6.07 Å². The summed E-state index contributed by atoms with van der Waals surface area (Å²) in [5.74, 6) is -1.75. The molecule has 0 spiro atoms. The van der Waals surface area contributed by atoms with E-state index in [0.717, 1.165) is 25.8 Å². The summed E-state index contributed by atoms with van der Waals surface area (Å²) in [6.07, 6.45) is 1.38. The first-order valence-electron chi connectivity index (χ1n) is 9.83. The first kappa shape index (κ1) is 20.7. The lowest BCUT2D eigenvalue weighted by Gasteiger charge is -2.24. The predicted octanol–water partition coefficient (Wildman–Crippen LogP) is 6.05. The van der Waals surface area contributed by atoms with Gasteiger partial charge in [0.1, 0.15) is 0 Å². The van der Waals surface area contributed by atoms with Gasteiger partial charge in [-0.25, -0.2) is 4.98 Å². The molecule has 32 heavy (non-hydrogen) atoms. The standard InChI is InChI=1S/C24H17BrN2O4S/c1-12-9-13(2)19-17(10-12)32-24(26-19)27-20(14-5-3-6-15(25)11-14)18(22(29)23(27)30)21(28)16-7-4-8-31-16/h3-11,20,29H,1-2H3/t20-/m0/s1. The van der Waals surface area contributed by atoms with Crippen LogP contribution in [-0.2, 0) is 4.79 Å². The number of hydrogen-bond donors (Lipinski definition) is 1. The zero-order valence-corrected chi connectivity index (χ0v) is 19.5. The van der Waals surface area contributed by atoms with Gasteiger partial charge in [-0.15, -0.1) is 0 Å². The Hall–Kier alpha value is -3.23. The second-order valence-electron chi connectivity index (χ2n) is 7.63. The van der Waals surface area contributed by atoms with Gasteiger partial charge in [0, 0.05) is 4.47 Å². The number of carbonyl (C=O) groups is 2. The predicted molar refractivity (Wildman–Crippen MR) is 126 cm³/mol. The van der Waals surface area contributed by atoms with Crippen molar-refractivity contribution in [1.82, 2.24) is 4.98 Å². The Morgan fingerprint density at radius 1 is 1.19 bits per heavy atom. The molecule has 0 saturated carbocycles. The number of hydrogen-bond acceptors (Lipinski definition) is 6. The van der Waals surface area contributed by atoms with Crippen LogP contribution in [0.4, 0.5) is 5.13 Å². The largest absolute Gasteiger partial charge is 0.503 e. The monoisotopic (exact) mass is 508 g/mol. The molecule has 1 aliphatic rings. The van der Waals surface area contributed by atoms with Gasteiger partial charge in [0.25, 0.3) is 5.91 Å². The highest BCUT2D eigenvalue weighted by Crippen LogP contribution is 2.45. The molecule has 4 aromatic rings. The average molecular weight is 509 g/mol. The molecule has 0 bridgehead atoms. The summed E-state index contributed by atoms with van der Waals surface area (Å²) in [5.41, 5.74) is 3.52. The molecule has 0 fully saturated rings. The van der Waals surface area contributed by atoms with Gasteiger partial charge < -0.3 is 9.52 Å². The van der Waals surface area contributed by atoms with E-state index in [9.17, 15) is 14.7 Å². The van der Waals surface area contributed by atoms with Gasteiger partial charge >= 0.3 is 0 Å².